The van der Waals surface area contributed by atoms with Gasteiger partial charge in [0.2, 0.25) is 5.91 Å². The fourth-order valence-electron chi connectivity index (χ4n) is 5.61. The van der Waals surface area contributed by atoms with Crippen LogP contribution in [0.5, 0.6) is 5.19 Å². The molecule has 0 bridgehead atoms. The monoisotopic (exact) mass is 563 g/mol. The van der Waals surface area contributed by atoms with Gasteiger partial charge in [0.1, 0.15) is 0 Å². The number of alkyl halides is 3. The number of fused-ring (bicyclic) bond motifs is 2. The zero-order valence-electron chi connectivity index (χ0n) is 22.5. The molecule has 1 aliphatic carbocycles. The van der Waals surface area contributed by atoms with E-state index >= 15 is 0 Å². The molecule has 3 aromatic rings. The summed E-state index contributed by atoms with van der Waals surface area (Å²) in [6.45, 7) is 3.78. The second-order valence-electron chi connectivity index (χ2n) is 10.9. The molecule has 5 rings (SSSR count). The van der Waals surface area contributed by atoms with Gasteiger partial charge in [0.15, 0.2) is 6.10 Å². The summed E-state index contributed by atoms with van der Waals surface area (Å²) in [5, 5.41) is 8.79. The summed E-state index contributed by atoms with van der Waals surface area (Å²) < 4.78 is 45.2. The first-order valence-corrected chi connectivity index (χ1v) is 14.6. The Labute approximate surface area is 230 Å². The highest BCUT2D eigenvalue weighted by atomic mass is 32.1. The van der Waals surface area contributed by atoms with E-state index in [-0.39, 0.29) is 17.1 Å². The first kappa shape index (κ1) is 27.9. The summed E-state index contributed by atoms with van der Waals surface area (Å²) >= 11 is 1.25. The second kappa shape index (κ2) is 11.8. The summed E-state index contributed by atoms with van der Waals surface area (Å²) in [5.41, 5.74) is 2.82. The van der Waals surface area contributed by atoms with Gasteiger partial charge in [0, 0.05) is 49.1 Å². The molecule has 1 unspecified atom stereocenters. The highest BCUT2D eigenvalue weighted by Crippen LogP contribution is 2.32. The molecule has 1 aliphatic heterocycles. The van der Waals surface area contributed by atoms with Gasteiger partial charge in [-0.3, -0.25) is 9.48 Å². The Bertz CT molecular complexity index is 1260. The average molecular weight is 564 g/mol. The van der Waals surface area contributed by atoms with Gasteiger partial charge in [-0.1, -0.05) is 17.4 Å². The minimum absolute atomic E-state index is 0.0776. The number of halogens is 3. The number of ether oxygens (including phenoxy) is 1. The molecule has 0 radical (unpaired) electrons. The third-order valence-electron chi connectivity index (χ3n) is 7.93. The van der Waals surface area contributed by atoms with Crippen molar-refractivity contribution >= 4 is 28.1 Å². The lowest BCUT2D eigenvalue weighted by Gasteiger charge is -2.30. The van der Waals surface area contributed by atoms with Gasteiger partial charge in [0.25, 0.3) is 5.19 Å². The number of rotatable bonds is 8. The molecule has 1 saturated carbocycles. The molecule has 39 heavy (non-hydrogen) atoms. The van der Waals surface area contributed by atoms with Crippen molar-refractivity contribution in [3.05, 3.63) is 40.5 Å². The maximum atomic E-state index is 12.8. The van der Waals surface area contributed by atoms with Crippen LogP contribution < -0.4 is 10.1 Å². The van der Waals surface area contributed by atoms with Crippen molar-refractivity contribution in [3.8, 4) is 5.19 Å². The number of amides is 1. The molecular weight excluding hydrogens is 527 g/mol. The number of benzene rings is 1. The lowest BCUT2D eigenvalue weighted by atomic mass is 9.84. The minimum atomic E-state index is -4.39. The van der Waals surface area contributed by atoms with E-state index in [2.05, 4.69) is 20.3 Å². The van der Waals surface area contributed by atoms with Crippen molar-refractivity contribution in [2.75, 3.05) is 19.6 Å². The van der Waals surface area contributed by atoms with Crippen LogP contribution in [0.4, 0.5) is 13.2 Å². The van der Waals surface area contributed by atoms with Crippen LogP contribution in [0.2, 0.25) is 0 Å². The largest absolute Gasteiger partial charge is 0.457 e. The third kappa shape index (κ3) is 7.30. The smallest absolute Gasteiger partial charge is 0.425 e. The third-order valence-corrected chi connectivity index (χ3v) is 8.98. The predicted molar refractivity (Wildman–Crippen MR) is 145 cm³/mol. The fraction of sp³-hybridized carbons (Fsp3) is 0.607. The Morgan fingerprint density at radius 1 is 1.21 bits per heavy atom. The molecule has 1 N–H and O–H groups in total. The SMILES string of the molecule is CC(Oc1nc2c(s1)CCN(CCC1CCC(NC(=O)Cc3ccc4nn(C)cc4c3)CC1)CC2)C(F)(F)F. The molecule has 7 nitrogen and oxygen atoms in total. The van der Waals surface area contributed by atoms with Crippen LogP contribution in [0.15, 0.2) is 24.4 Å². The van der Waals surface area contributed by atoms with Gasteiger partial charge in [-0.25, -0.2) is 4.98 Å². The Morgan fingerprint density at radius 3 is 2.74 bits per heavy atom. The zero-order valence-corrected chi connectivity index (χ0v) is 23.3. The average Bonchev–Trinajstić information content (AvgIpc) is 3.39. The number of aryl methyl sites for hydroxylation is 1. The summed E-state index contributed by atoms with van der Waals surface area (Å²) in [6.07, 6.45) is 3.03. The molecule has 2 aliphatic rings. The molecule has 212 valence electrons. The number of hydrogen-bond acceptors (Lipinski definition) is 6. The van der Waals surface area contributed by atoms with Gasteiger partial charge in [-0.05, 0) is 75.6 Å². The van der Waals surface area contributed by atoms with Crippen molar-refractivity contribution in [3.63, 3.8) is 0 Å². The molecular formula is C28H36F3N5O2S. The Hall–Kier alpha value is -2.66. The highest BCUT2D eigenvalue weighted by molar-refractivity contribution is 7.13. The minimum Gasteiger partial charge on any atom is -0.457 e. The van der Waals surface area contributed by atoms with Gasteiger partial charge in [-0.15, -0.1) is 0 Å². The standard InChI is InChI=1S/C28H36F3N5O2S/c1-18(28(29,30)31)38-27-33-24-10-13-36(14-11-25(24)39-27)12-9-19-3-6-22(7-4-19)32-26(37)16-20-5-8-23-21(15-20)17-35(2)34-23/h5,8,15,17-19,22H,3-4,6-7,9-14,16H2,1-2H3,(H,32,37). The number of hydrogen-bond donors (Lipinski definition) is 1. The van der Waals surface area contributed by atoms with Crippen LogP contribution in [0.3, 0.4) is 0 Å². The lowest BCUT2D eigenvalue weighted by molar-refractivity contribution is -0.189. The van der Waals surface area contributed by atoms with E-state index in [1.807, 2.05) is 31.4 Å². The number of aromatic nitrogens is 3. The maximum absolute atomic E-state index is 12.8. The van der Waals surface area contributed by atoms with Crippen molar-refractivity contribution in [1.82, 2.24) is 25.0 Å². The maximum Gasteiger partial charge on any atom is 0.425 e. The Balaban J connectivity index is 1.01. The molecule has 1 aromatic carbocycles. The van der Waals surface area contributed by atoms with E-state index < -0.39 is 12.3 Å². The van der Waals surface area contributed by atoms with E-state index in [4.69, 9.17) is 4.74 Å². The van der Waals surface area contributed by atoms with E-state index in [1.165, 1.54) is 11.3 Å². The lowest BCUT2D eigenvalue weighted by Crippen LogP contribution is -2.39. The van der Waals surface area contributed by atoms with Crippen molar-refractivity contribution in [2.45, 2.75) is 76.6 Å². The van der Waals surface area contributed by atoms with Crippen molar-refractivity contribution < 1.29 is 22.7 Å². The Kier molecular flexibility index (Phi) is 8.46. The summed E-state index contributed by atoms with van der Waals surface area (Å²) in [4.78, 5) is 20.5. The Morgan fingerprint density at radius 2 is 1.97 bits per heavy atom. The van der Waals surface area contributed by atoms with Crippen LogP contribution in [0.1, 0.15) is 55.2 Å². The van der Waals surface area contributed by atoms with Crippen LogP contribution in [-0.4, -0.2) is 63.5 Å². The van der Waals surface area contributed by atoms with Crippen molar-refractivity contribution in [1.29, 1.82) is 0 Å². The summed E-state index contributed by atoms with van der Waals surface area (Å²) in [6, 6.07) is 6.23. The van der Waals surface area contributed by atoms with E-state index in [1.54, 1.807) is 4.68 Å². The van der Waals surface area contributed by atoms with E-state index in [0.29, 0.717) is 12.3 Å². The molecule has 3 heterocycles. The molecule has 1 fully saturated rings. The quantitative estimate of drug-likeness (QED) is 0.415. The number of nitrogens with zero attached hydrogens (tertiary/aromatic N) is 4. The topological polar surface area (TPSA) is 72.3 Å². The number of carbonyl (C=O) groups excluding carboxylic acids is 1. The van der Waals surface area contributed by atoms with Crippen LogP contribution in [0, 0.1) is 5.92 Å². The number of nitrogens with one attached hydrogen (secondary N) is 1. The second-order valence-corrected chi connectivity index (χ2v) is 12.0. The highest BCUT2D eigenvalue weighted by Gasteiger charge is 2.39. The molecule has 1 amide bonds. The van der Waals surface area contributed by atoms with Gasteiger partial charge < -0.3 is 15.0 Å². The summed E-state index contributed by atoms with van der Waals surface area (Å²) in [5.74, 6) is 0.735. The molecule has 0 saturated heterocycles. The van der Waals surface area contributed by atoms with Gasteiger partial charge in [0.05, 0.1) is 17.6 Å². The number of thiazole rings is 1. The first-order valence-electron chi connectivity index (χ1n) is 13.8. The van der Waals surface area contributed by atoms with E-state index in [0.717, 1.165) is 98.5 Å². The molecule has 11 heteroatoms. The number of carbonyl (C=O) groups is 1. The van der Waals surface area contributed by atoms with Crippen LogP contribution in [-0.2, 0) is 31.1 Å². The normalized spacial score (nSPS) is 21.4. The van der Waals surface area contributed by atoms with Gasteiger partial charge >= 0.3 is 6.18 Å². The predicted octanol–water partition coefficient (Wildman–Crippen LogP) is 5.07. The van der Waals surface area contributed by atoms with E-state index in [9.17, 15) is 18.0 Å². The fourth-order valence-corrected chi connectivity index (χ4v) is 6.63. The molecule has 0 spiro atoms. The van der Waals surface area contributed by atoms with Gasteiger partial charge in [-0.2, -0.15) is 18.3 Å². The first-order chi connectivity index (χ1) is 18.6. The van der Waals surface area contributed by atoms with Crippen LogP contribution in [0.25, 0.3) is 10.9 Å². The summed E-state index contributed by atoms with van der Waals surface area (Å²) in [7, 11) is 1.90. The molecule has 2 aromatic heterocycles. The van der Waals surface area contributed by atoms with Crippen molar-refractivity contribution in [2.24, 2.45) is 13.0 Å². The zero-order chi connectivity index (χ0) is 27.6. The molecule has 1 atom stereocenters. The van der Waals surface area contributed by atoms with Crippen LogP contribution >= 0.6 is 11.3 Å².